The number of carbonyl (C=O) groups is 1. The third-order valence-electron chi connectivity index (χ3n) is 3.17. The summed E-state index contributed by atoms with van der Waals surface area (Å²) < 4.78 is 0. The number of aromatic nitrogens is 1. The fourth-order valence-corrected chi connectivity index (χ4v) is 2.60. The zero-order valence-electron chi connectivity index (χ0n) is 14.0. The van der Waals surface area contributed by atoms with Crippen molar-refractivity contribution >= 4 is 29.0 Å². The van der Waals surface area contributed by atoms with Crippen molar-refractivity contribution in [1.29, 1.82) is 0 Å². The molecular weight excluding hydrogens is 322 g/mol. The number of amides is 1. The van der Waals surface area contributed by atoms with Crippen LogP contribution in [0.5, 0.6) is 0 Å². The molecule has 2 aromatic heterocycles. The van der Waals surface area contributed by atoms with Crippen molar-refractivity contribution in [2.75, 3.05) is 18.4 Å². The number of nitrogens with zero attached hydrogens (tertiary/aromatic N) is 2. The van der Waals surface area contributed by atoms with E-state index in [9.17, 15) is 4.79 Å². The van der Waals surface area contributed by atoms with Crippen molar-refractivity contribution in [1.82, 2.24) is 15.6 Å². The molecule has 0 saturated heterocycles. The lowest BCUT2D eigenvalue weighted by molar-refractivity contribution is -0.116. The van der Waals surface area contributed by atoms with Crippen molar-refractivity contribution < 1.29 is 4.79 Å². The summed E-state index contributed by atoms with van der Waals surface area (Å²) in [5, 5.41) is 13.2. The van der Waals surface area contributed by atoms with E-state index in [1.54, 1.807) is 23.6 Å². The first kappa shape index (κ1) is 17.9. The lowest BCUT2D eigenvalue weighted by Crippen LogP contribution is -2.38. The van der Waals surface area contributed by atoms with Gasteiger partial charge in [-0.2, -0.15) is 11.3 Å². The van der Waals surface area contributed by atoms with E-state index in [0.717, 1.165) is 12.1 Å². The van der Waals surface area contributed by atoms with E-state index in [4.69, 9.17) is 0 Å². The largest absolute Gasteiger partial charge is 0.357 e. The van der Waals surface area contributed by atoms with Crippen molar-refractivity contribution in [3.05, 3.63) is 46.3 Å². The molecule has 0 spiro atoms. The van der Waals surface area contributed by atoms with Crippen LogP contribution in [-0.2, 0) is 11.3 Å². The summed E-state index contributed by atoms with van der Waals surface area (Å²) in [5.41, 5.74) is 2.24. The second-order valence-electron chi connectivity index (χ2n) is 5.27. The molecule has 0 fully saturated rings. The molecule has 1 amide bonds. The highest BCUT2D eigenvalue weighted by Gasteiger charge is 2.04. The number of hydrogen-bond donors (Lipinski definition) is 3. The van der Waals surface area contributed by atoms with E-state index in [1.807, 2.05) is 25.3 Å². The van der Waals surface area contributed by atoms with Crippen LogP contribution in [-0.4, -0.2) is 29.9 Å². The van der Waals surface area contributed by atoms with Gasteiger partial charge in [-0.05, 0) is 47.9 Å². The summed E-state index contributed by atoms with van der Waals surface area (Å²) in [4.78, 5) is 20.6. The van der Waals surface area contributed by atoms with E-state index in [1.165, 1.54) is 5.56 Å². The number of nitrogens with one attached hydrogen (secondary N) is 3. The van der Waals surface area contributed by atoms with Crippen LogP contribution in [0.2, 0.25) is 0 Å². The Kier molecular flexibility index (Phi) is 7.22. The second-order valence-corrected chi connectivity index (χ2v) is 6.05. The molecule has 0 radical (unpaired) electrons. The zero-order valence-corrected chi connectivity index (χ0v) is 14.8. The maximum Gasteiger partial charge on any atom is 0.227 e. The predicted octanol–water partition coefficient (Wildman–Crippen LogP) is 2.54. The number of aliphatic imine (C=N–C) groups is 1. The fourth-order valence-electron chi connectivity index (χ4n) is 1.94. The van der Waals surface area contributed by atoms with Crippen molar-refractivity contribution in [3.8, 4) is 0 Å². The van der Waals surface area contributed by atoms with Crippen LogP contribution >= 0.6 is 11.3 Å². The molecule has 0 saturated carbocycles. The summed E-state index contributed by atoms with van der Waals surface area (Å²) in [6.45, 7) is 5.87. The molecule has 2 aromatic rings. The highest BCUT2D eigenvalue weighted by Crippen LogP contribution is 2.07. The van der Waals surface area contributed by atoms with Gasteiger partial charge in [0.25, 0.3) is 0 Å². The van der Waals surface area contributed by atoms with E-state index in [2.05, 4.69) is 37.4 Å². The van der Waals surface area contributed by atoms with E-state index < -0.39 is 0 Å². The molecule has 0 atom stereocenters. The Hall–Kier alpha value is -2.41. The van der Waals surface area contributed by atoms with E-state index in [0.29, 0.717) is 31.3 Å². The molecule has 3 N–H and O–H groups in total. The van der Waals surface area contributed by atoms with Crippen molar-refractivity contribution in [2.24, 2.45) is 4.99 Å². The third kappa shape index (κ3) is 6.37. The molecule has 0 aromatic carbocycles. The SMILES string of the molecule is CCNC(=NCc1ccsc1)NCCC(=O)Nc1ccc(C)cn1. The quantitative estimate of drug-likeness (QED) is 0.532. The van der Waals surface area contributed by atoms with Crippen LogP contribution in [0.4, 0.5) is 5.82 Å². The van der Waals surface area contributed by atoms with Gasteiger partial charge < -0.3 is 16.0 Å². The van der Waals surface area contributed by atoms with Gasteiger partial charge in [-0.15, -0.1) is 0 Å². The van der Waals surface area contributed by atoms with Gasteiger partial charge in [-0.1, -0.05) is 6.07 Å². The smallest absolute Gasteiger partial charge is 0.227 e. The first-order chi connectivity index (χ1) is 11.7. The average Bonchev–Trinajstić information content (AvgIpc) is 3.08. The molecule has 128 valence electrons. The van der Waals surface area contributed by atoms with Gasteiger partial charge in [0.05, 0.1) is 6.54 Å². The zero-order chi connectivity index (χ0) is 17.2. The summed E-state index contributed by atoms with van der Waals surface area (Å²) >= 11 is 1.66. The minimum atomic E-state index is -0.0764. The Morgan fingerprint density at radius 3 is 2.83 bits per heavy atom. The number of thiophene rings is 1. The number of rotatable bonds is 7. The Morgan fingerprint density at radius 2 is 2.17 bits per heavy atom. The van der Waals surface area contributed by atoms with Crippen molar-refractivity contribution in [2.45, 2.75) is 26.8 Å². The molecule has 0 aliphatic heterocycles. The number of anilines is 1. The third-order valence-corrected chi connectivity index (χ3v) is 3.90. The first-order valence-electron chi connectivity index (χ1n) is 7.93. The monoisotopic (exact) mass is 345 g/mol. The Balaban J connectivity index is 1.76. The van der Waals surface area contributed by atoms with E-state index >= 15 is 0 Å². The van der Waals surface area contributed by atoms with Gasteiger partial charge in [0.15, 0.2) is 5.96 Å². The van der Waals surface area contributed by atoms with Gasteiger partial charge in [0.2, 0.25) is 5.91 Å². The number of guanidine groups is 1. The molecule has 0 aliphatic rings. The molecule has 24 heavy (non-hydrogen) atoms. The van der Waals surface area contributed by atoms with Crippen LogP contribution in [0.1, 0.15) is 24.5 Å². The molecule has 2 heterocycles. The molecule has 2 rings (SSSR count). The van der Waals surface area contributed by atoms with Crippen LogP contribution < -0.4 is 16.0 Å². The lowest BCUT2D eigenvalue weighted by atomic mass is 10.3. The van der Waals surface area contributed by atoms with Crippen LogP contribution in [0.15, 0.2) is 40.1 Å². The van der Waals surface area contributed by atoms with Gasteiger partial charge >= 0.3 is 0 Å². The van der Waals surface area contributed by atoms with E-state index in [-0.39, 0.29) is 5.91 Å². The second kappa shape index (κ2) is 9.67. The molecule has 0 aliphatic carbocycles. The summed E-state index contributed by atoms with van der Waals surface area (Å²) in [7, 11) is 0. The summed E-state index contributed by atoms with van der Waals surface area (Å²) in [5.74, 6) is 1.21. The predicted molar refractivity (Wildman–Crippen MR) is 99.4 cm³/mol. The average molecular weight is 345 g/mol. The number of aryl methyl sites for hydroxylation is 1. The highest BCUT2D eigenvalue weighted by molar-refractivity contribution is 7.07. The van der Waals surface area contributed by atoms with Crippen LogP contribution in [0.25, 0.3) is 0 Å². The van der Waals surface area contributed by atoms with Gasteiger partial charge in [-0.3, -0.25) is 4.79 Å². The minimum absolute atomic E-state index is 0.0764. The Bertz CT molecular complexity index is 652. The molecular formula is C17H23N5OS. The number of pyridine rings is 1. The maximum atomic E-state index is 11.9. The summed E-state index contributed by atoms with van der Waals surface area (Å²) in [6, 6.07) is 5.77. The minimum Gasteiger partial charge on any atom is -0.357 e. The summed E-state index contributed by atoms with van der Waals surface area (Å²) in [6.07, 6.45) is 2.08. The normalized spacial score (nSPS) is 11.2. The highest BCUT2D eigenvalue weighted by atomic mass is 32.1. The van der Waals surface area contributed by atoms with Gasteiger partial charge in [0, 0.05) is 25.7 Å². The molecule has 0 unspecified atom stereocenters. The lowest BCUT2D eigenvalue weighted by Gasteiger charge is -2.11. The van der Waals surface area contributed by atoms with Crippen LogP contribution in [0, 0.1) is 6.92 Å². The van der Waals surface area contributed by atoms with Gasteiger partial charge in [-0.25, -0.2) is 9.98 Å². The number of hydrogen-bond acceptors (Lipinski definition) is 4. The molecule has 6 nitrogen and oxygen atoms in total. The van der Waals surface area contributed by atoms with Crippen LogP contribution in [0.3, 0.4) is 0 Å². The Labute approximate surface area is 146 Å². The molecule has 7 heteroatoms. The van der Waals surface area contributed by atoms with Crippen molar-refractivity contribution in [3.63, 3.8) is 0 Å². The standard InChI is InChI=1S/C17H23N5OS/c1-3-18-17(21-11-14-7-9-24-12-14)19-8-6-16(23)22-15-5-4-13(2)10-20-15/h4-5,7,9-10,12H,3,6,8,11H2,1-2H3,(H2,18,19,21)(H,20,22,23). The molecule has 0 bridgehead atoms. The first-order valence-corrected chi connectivity index (χ1v) is 8.87. The topological polar surface area (TPSA) is 78.4 Å². The number of carbonyl (C=O) groups excluding carboxylic acids is 1. The van der Waals surface area contributed by atoms with Gasteiger partial charge in [0.1, 0.15) is 5.82 Å². The maximum absolute atomic E-state index is 11.9. The fraction of sp³-hybridized carbons (Fsp3) is 0.353. The Morgan fingerprint density at radius 1 is 1.29 bits per heavy atom.